The summed E-state index contributed by atoms with van der Waals surface area (Å²) in [5.74, 6) is 0.00910. The Hall–Kier alpha value is -1.26. The lowest BCUT2D eigenvalue weighted by molar-refractivity contribution is -0.138. The van der Waals surface area contributed by atoms with Crippen LogP contribution in [0.3, 0.4) is 0 Å². The number of hydrogen-bond acceptors (Lipinski definition) is 2. The van der Waals surface area contributed by atoms with Crippen molar-refractivity contribution in [2.24, 2.45) is 0 Å². The van der Waals surface area contributed by atoms with E-state index in [0.29, 0.717) is 0 Å². The first-order valence-corrected chi connectivity index (χ1v) is 4.53. The third-order valence-electron chi connectivity index (χ3n) is 1.66. The third-order valence-corrected chi connectivity index (χ3v) is 1.66. The van der Waals surface area contributed by atoms with Crippen LogP contribution in [-0.4, -0.2) is 12.1 Å². The summed E-state index contributed by atoms with van der Waals surface area (Å²) in [5, 5.41) is 0. The van der Waals surface area contributed by atoms with Crippen LogP contribution in [0.25, 0.3) is 0 Å². The standard InChI is InChI=1S/C8H8F3NO.C2H6/c1-5-6(8(9,10)11)3-4-12-7(5)13-2;1-2/h3-4H,1-2H3;1-2H3. The summed E-state index contributed by atoms with van der Waals surface area (Å²) in [6, 6.07) is 0.928. The number of halogens is 3. The van der Waals surface area contributed by atoms with Crippen LogP contribution in [-0.2, 0) is 6.18 Å². The maximum atomic E-state index is 12.3. The zero-order valence-corrected chi connectivity index (χ0v) is 9.14. The smallest absolute Gasteiger partial charge is 0.416 e. The Balaban J connectivity index is 0.000000921. The molecule has 0 aliphatic carbocycles. The van der Waals surface area contributed by atoms with E-state index in [-0.39, 0.29) is 11.4 Å². The second kappa shape index (κ2) is 5.58. The Morgan fingerprint density at radius 2 is 1.80 bits per heavy atom. The summed E-state index contributed by atoms with van der Waals surface area (Å²) < 4.78 is 41.5. The Labute approximate surface area is 87.1 Å². The first-order chi connectivity index (χ1) is 6.96. The van der Waals surface area contributed by atoms with Gasteiger partial charge in [0.05, 0.1) is 12.7 Å². The average molecular weight is 221 g/mol. The van der Waals surface area contributed by atoms with Gasteiger partial charge >= 0.3 is 6.18 Å². The Morgan fingerprint density at radius 1 is 1.27 bits per heavy atom. The minimum absolute atomic E-state index is 0.00910. The molecular weight excluding hydrogens is 207 g/mol. The van der Waals surface area contributed by atoms with Gasteiger partial charge in [-0.3, -0.25) is 0 Å². The molecule has 0 aliphatic heterocycles. The van der Waals surface area contributed by atoms with E-state index >= 15 is 0 Å². The molecule has 0 bridgehead atoms. The molecule has 0 amide bonds. The molecule has 0 saturated heterocycles. The van der Waals surface area contributed by atoms with E-state index in [0.717, 1.165) is 12.3 Å². The van der Waals surface area contributed by atoms with Gasteiger partial charge in [-0.15, -0.1) is 0 Å². The maximum absolute atomic E-state index is 12.3. The molecule has 15 heavy (non-hydrogen) atoms. The second-order valence-electron chi connectivity index (χ2n) is 2.49. The van der Waals surface area contributed by atoms with Gasteiger partial charge in [0.15, 0.2) is 0 Å². The normalized spacial score (nSPS) is 10.3. The topological polar surface area (TPSA) is 22.1 Å². The Kier molecular flexibility index (Phi) is 5.11. The molecule has 0 aromatic carbocycles. The van der Waals surface area contributed by atoms with Crippen molar-refractivity contribution in [2.45, 2.75) is 26.9 Å². The lowest BCUT2D eigenvalue weighted by Crippen LogP contribution is -2.08. The maximum Gasteiger partial charge on any atom is 0.416 e. The van der Waals surface area contributed by atoms with Gasteiger partial charge in [0.2, 0.25) is 5.88 Å². The summed E-state index contributed by atoms with van der Waals surface area (Å²) in [6.07, 6.45) is -3.27. The van der Waals surface area contributed by atoms with Crippen molar-refractivity contribution in [2.75, 3.05) is 7.11 Å². The van der Waals surface area contributed by atoms with E-state index in [1.165, 1.54) is 14.0 Å². The summed E-state index contributed by atoms with van der Waals surface area (Å²) >= 11 is 0. The Bertz CT molecular complexity index is 310. The van der Waals surface area contributed by atoms with Crippen LogP contribution >= 0.6 is 0 Å². The number of ether oxygens (including phenoxy) is 1. The van der Waals surface area contributed by atoms with Crippen LogP contribution in [0.4, 0.5) is 13.2 Å². The zero-order valence-electron chi connectivity index (χ0n) is 9.14. The fourth-order valence-corrected chi connectivity index (χ4v) is 1.03. The van der Waals surface area contributed by atoms with Crippen LogP contribution in [0.5, 0.6) is 5.88 Å². The number of hydrogen-bond donors (Lipinski definition) is 0. The lowest BCUT2D eigenvalue weighted by Gasteiger charge is -2.11. The lowest BCUT2D eigenvalue weighted by atomic mass is 10.1. The predicted octanol–water partition coefficient (Wildman–Crippen LogP) is 3.44. The van der Waals surface area contributed by atoms with Crippen LogP contribution in [0, 0.1) is 6.92 Å². The minimum atomic E-state index is -4.35. The van der Waals surface area contributed by atoms with Gasteiger partial charge in [0.25, 0.3) is 0 Å². The van der Waals surface area contributed by atoms with Crippen LogP contribution in [0.1, 0.15) is 25.0 Å². The summed E-state index contributed by atoms with van der Waals surface area (Å²) in [6.45, 7) is 5.33. The molecule has 0 unspecified atom stereocenters. The summed E-state index contributed by atoms with van der Waals surface area (Å²) in [4.78, 5) is 3.65. The predicted molar refractivity (Wildman–Crippen MR) is 51.9 cm³/mol. The SMILES string of the molecule is CC.COc1nccc(C(F)(F)F)c1C. The van der Waals surface area contributed by atoms with Crippen molar-refractivity contribution in [3.05, 3.63) is 23.4 Å². The molecule has 0 spiro atoms. The molecule has 0 N–H and O–H groups in total. The van der Waals surface area contributed by atoms with Crippen LogP contribution < -0.4 is 4.74 Å². The molecule has 1 rings (SSSR count). The molecule has 0 radical (unpaired) electrons. The van der Waals surface area contributed by atoms with E-state index < -0.39 is 11.7 Å². The van der Waals surface area contributed by atoms with Gasteiger partial charge in [-0.1, -0.05) is 13.8 Å². The highest BCUT2D eigenvalue weighted by molar-refractivity contribution is 5.34. The second-order valence-corrected chi connectivity index (χ2v) is 2.49. The van der Waals surface area contributed by atoms with Crippen LogP contribution in [0.15, 0.2) is 12.3 Å². The van der Waals surface area contributed by atoms with Crippen molar-refractivity contribution >= 4 is 0 Å². The molecule has 5 heteroatoms. The van der Waals surface area contributed by atoms with Crippen LogP contribution in [0.2, 0.25) is 0 Å². The van der Waals surface area contributed by atoms with Gasteiger partial charge < -0.3 is 4.74 Å². The van der Waals surface area contributed by atoms with E-state index in [4.69, 9.17) is 0 Å². The first-order valence-electron chi connectivity index (χ1n) is 4.53. The molecular formula is C10H14F3NO. The minimum Gasteiger partial charge on any atom is -0.481 e. The van der Waals surface area contributed by atoms with Crippen molar-refractivity contribution in [3.8, 4) is 5.88 Å². The number of alkyl halides is 3. The third kappa shape index (κ3) is 3.42. The highest BCUT2D eigenvalue weighted by atomic mass is 19.4. The molecule has 1 heterocycles. The summed E-state index contributed by atoms with van der Waals surface area (Å²) in [7, 11) is 1.29. The number of pyridine rings is 1. The zero-order chi connectivity index (χ0) is 12.1. The van der Waals surface area contributed by atoms with E-state index in [2.05, 4.69) is 9.72 Å². The monoisotopic (exact) mass is 221 g/mol. The van der Waals surface area contributed by atoms with E-state index in [1.54, 1.807) is 0 Å². The van der Waals surface area contributed by atoms with E-state index in [1.807, 2.05) is 13.8 Å². The molecule has 0 aliphatic rings. The number of rotatable bonds is 1. The molecule has 1 aromatic rings. The fourth-order valence-electron chi connectivity index (χ4n) is 1.03. The Morgan fingerprint density at radius 3 is 2.20 bits per heavy atom. The van der Waals surface area contributed by atoms with Gasteiger partial charge in [-0.25, -0.2) is 4.98 Å². The average Bonchev–Trinajstić information content (AvgIpc) is 2.19. The number of methoxy groups -OCH3 is 1. The molecule has 0 saturated carbocycles. The number of aromatic nitrogens is 1. The summed E-state index contributed by atoms with van der Waals surface area (Å²) in [5.41, 5.74) is -0.697. The number of nitrogens with zero attached hydrogens (tertiary/aromatic N) is 1. The molecule has 1 aromatic heterocycles. The fraction of sp³-hybridized carbons (Fsp3) is 0.500. The molecule has 0 fully saturated rings. The molecule has 86 valence electrons. The van der Waals surface area contributed by atoms with Crippen molar-refractivity contribution in [1.29, 1.82) is 0 Å². The quantitative estimate of drug-likeness (QED) is 0.724. The molecule has 0 atom stereocenters. The van der Waals surface area contributed by atoms with Crippen molar-refractivity contribution in [3.63, 3.8) is 0 Å². The largest absolute Gasteiger partial charge is 0.481 e. The first kappa shape index (κ1) is 13.7. The van der Waals surface area contributed by atoms with Gasteiger partial charge in [0.1, 0.15) is 0 Å². The van der Waals surface area contributed by atoms with Crippen molar-refractivity contribution < 1.29 is 17.9 Å². The van der Waals surface area contributed by atoms with Gasteiger partial charge in [0, 0.05) is 11.8 Å². The molecule has 2 nitrogen and oxygen atoms in total. The van der Waals surface area contributed by atoms with E-state index in [9.17, 15) is 13.2 Å². The highest BCUT2D eigenvalue weighted by Gasteiger charge is 2.33. The highest BCUT2D eigenvalue weighted by Crippen LogP contribution is 2.33. The van der Waals surface area contributed by atoms with Gasteiger partial charge in [-0.2, -0.15) is 13.2 Å². The van der Waals surface area contributed by atoms with Crippen molar-refractivity contribution in [1.82, 2.24) is 4.98 Å². The van der Waals surface area contributed by atoms with Gasteiger partial charge in [-0.05, 0) is 13.0 Å².